The molecule has 1 N–H and O–H groups in total. The SMILES string of the molecule is S=C=NCCCc1c[nH]c2ccccc12. The minimum atomic E-state index is 0.767. The smallest absolute Gasteiger partial charge is 0.0584 e. The van der Waals surface area contributed by atoms with Gasteiger partial charge in [-0.3, -0.25) is 0 Å². The third kappa shape index (κ3) is 2.32. The molecule has 2 rings (SSSR count). The number of rotatable bonds is 4. The summed E-state index contributed by atoms with van der Waals surface area (Å²) in [6.45, 7) is 0.767. The molecule has 0 saturated heterocycles. The minimum Gasteiger partial charge on any atom is -0.361 e. The lowest BCUT2D eigenvalue weighted by atomic mass is 10.1. The van der Waals surface area contributed by atoms with Crippen molar-refractivity contribution < 1.29 is 0 Å². The molecular formula is C12H12N2S. The lowest BCUT2D eigenvalue weighted by Gasteiger charge is -1.96. The van der Waals surface area contributed by atoms with Crippen LogP contribution in [0.3, 0.4) is 0 Å². The van der Waals surface area contributed by atoms with E-state index in [2.05, 4.69) is 51.8 Å². The number of isothiocyanates is 1. The first-order valence-electron chi connectivity index (χ1n) is 5.00. The fraction of sp³-hybridized carbons (Fsp3) is 0.250. The average Bonchev–Trinajstić information content (AvgIpc) is 2.68. The number of H-pyrrole nitrogens is 1. The number of nitrogens with zero attached hydrogens (tertiary/aromatic N) is 1. The van der Waals surface area contributed by atoms with Gasteiger partial charge in [-0.25, -0.2) is 4.99 Å². The van der Waals surface area contributed by atoms with Crippen LogP contribution in [0.4, 0.5) is 0 Å². The molecule has 15 heavy (non-hydrogen) atoms. The van der Waals surface area contributed by atoms with E-state index in [0.29, 0.717) is 0 Å². The Morgan fingerprint density at radius 2 is 2.20 bits per heavy atom. The van der Waals surface area contributed by atoms with Crippen LogP contribution in [0, 0.1) is 0 Å². The van der Waals surface area contributed by atoms with Gasteiger partial charge in [0.1, 0.15) is 0 Å². The van der Waals surface area contributed by atoms with Crippen molar-refractivity contribution in [3.05, 3.63) is 36.0 Å². The molecule has 0 spiro atoms. The number of aliphatic imine (C=N–C) groups is 1. The molecule has 2 aromatic rings. The molecule has 0 saturated carbocycles. The van der Waals surface area contributed by atoms with E-state index in [9.17, 15) is 0 Å². The molecule has 3 heteroatoms. The second-order valence-corrected chi connectivity index (χ2v) is 3.62. The van der Waals surface area contributed by atoms with Gasteiger partial charge in [-0.2, -0.15) is 0 Å². The van der Waals surface area contributed by atoms with Gasteiger partial charge in [-0.15, -0.1) is 0 Å². The van der Waals surface area contributed by atoms with Crippen LogP contribution >= 0.6 is 12.2 Å². The van der Waals surface area contributed by atoms with Crippen molar-refractivity contribution >= 4 is 28.3 Å². The fourth-order valence-corrected chi connectivity index (χ4v) is 1.82. The Labute approximate surface area is 94.0 Å². The maximum absolute atomic E-state index is 4.52. The van der Waals surface area contributed by atoms with Gasteiger partial charge >= 0.3 is 0 Å². The molecule has 0 atom stereocenters. The monoisotopic (exact) mass is 216 g/mol. The van der Waals surface area contributed by atoms with Crippen molar-refractivity contribution in [1.29, 1.82) is 0 Å². The summed E-state index contributed by atoms with van der Waals surface area (Å²) >= 11 is 4.52. The number of nitrogens with one attached hydrogen (secondary N) is 1. The summed E-state index contributed by atoms with van der Waals surface area (Å²) in [5.74, 6) is 0. The van der Waals surface area contributed by atoms with Crippen molar-refractivity contribution in [3.63, 3.8) is 0 Å². The van der Waals surface area contributed by atoms with Gasteiger partial charge in [0.2, 0.25) is 0 Å². The molecule has 0 aliphatic heterocycles. The number of hydrogen-bond donors (Lipinski definition) is 1. The molecule has 0 amide bonds. The summed E-state index contributed by atoms with van der Waals surface area (Å²) in [5.41, 5.74) is 2.55. The Balaban J connectivity index is 2.11. The van der Waals surface area contributed by atoms with E-state index < -0.39 is 0 Å². The Hall–Kier alpha value is -1.44. The topological polar surface area (TPSA) is 28.1 Å². The van der Waals surface area contributed by atoms with E-state index in [4.69, 9.17) is 0 Å². The van der Waals surface area contributed by atoms with Crippen LogP contribution < -0.4 is 0 Å². The van der Waals surface area contributed by atoms with E-state index in [1.807, 2.05) is 6.07 Å². The Kier molecular flexibility index (Phi) is 3.28. The van der Waals surface area contributed by atoms with E-state index in [0.717, 1.165) is 19.4 Å². The molecule has 0 aliphatic carbocycles. The van der Waals surface area contributed by atoms with Crippen molar-refractivity contribution in [3.8, 4) is 0 Å². The molecule has 0 aliphatic rings. The van der Waals surface area contributed by atoms with Gasteiger partial charge in [-0.05, 0) is 36.7 Å². The average molecular weight is 216 g/mol. The van der Waals surface area contributed by atoms with E-state index >= 15 is 0 Å². The normalized spacial score (nSPS) is 10.1. The maximum Gasteiger partial charge on any atom is 0.0584 e. The van der Waals surface area contributed by atoms with Crippen molar-refractivity contribution in [2.45, 2.75) is 12.8 Å². The summed E-state index contributed by atoms with van der Waals surface area (Å²) in [4.78, 5) is 7.17. The first-order chi connectivity index (χ1) is 7.42. The molecular weight excluding hydrogens is 204 g/mol. The zero-order valence-electron chi connectivity index (χ0n) is 8.36. The van der Waals surface area contributed by atoms with Crippen molar-refractivity contribution in [1.82, 2.24) is 4.98 Å². The van der Waals surface area contributed by atoms with Crippen LogP contribution in [0.25, 0.3) is 10.9 Å². The Morgan fingerprint density at radius 1 is 1.33 bits per heavy atom. The highest BCUT2D eigenvalue weighted by Gasteiger charge is 2.01. The highest BCUT2D eigenvalue weighted by atomic mass is 32.1. The molecule has 76 valence electrons. The largest absolute Gasteiger partial charge is 0.361 e. The highest BCUT2D eigenvalue weighted by Crippen LogP contribution is 2.18. The number of aryl methyl sites for hydroxylation is 1. The zero-order valence-corrected chi connectivity index (χ0v) is 9.18. The van der Waals surface area contributed by atoms with Crippen molar-refractivity contribution in [2.24, 2.45) is 4.99 Å². The number of para-hydroxylation sites is 1. The lowest BCUT2D eigenvalue weighted by Crippen LogP contribution is -1.86. The lowest BCUT2D eigenvalue weighted by molar-refractivity contribution is 0.842. The number of hydrogen-bond acceptors (Lipinski definition) is 2. The van der Waals surface area contributed by atoms with Gasteiger partial charge in [0.05, 0.1) is 5.16 Å². The minimum absolute atomic E-state index is 0.767. The van der Waals surface area contributed by atoms with Crippen LogP contribution in [-0.2, 0) is 6.42 Å². The highest BCUT2D eigenvalue weighted by molar-refractivity contribution is 7.78. The molecule has 0 bridgehead atoms. The van der Waals surface area contributed by atoms with E-state index in [1.165, 1.54) is 16.5 Å². The standard InChI is InChI=1S/C12H12N2S/c15-9-13-7-3-4-10-8-14-12-6-2-1-5-11(10)12/h1-2,5-6,8,14H,3-4,7H2. The molecule has 0 unspecified atom stereocenters. The summed E-state index contributed by atoms with van der Waals surface area (Å²) in [6, 6.07) is 8.34. The van der Waals surface area contributed by atoms with Gasteiger partial charge in [0.15, 0.2) is 0 Å². The number of thiocarbonyl (C=S) groups is 1. The number of benzene rings is 1. The Bertz CT molecular complexity index is 495. The predicted octanol–water partition coefficient (Wildman–Crippen LogP) is 3.20. The van der Waals surface area contributed by atoms with Gasteiger partial charge in [0.25, 0.3) is 0 Å². The summed E-state index contributed by atoms with van der Waals surface area (Å²) in [7, 11) is 0. The van der Waals surface area contributed by atoms with E-state index in [1.54, 1.807) is 0 Å². The first-order valence-corrected chi connectivity index (χ1v) is 5.41. The third-order valence-electron chi connectivity index (χ3n) is 2.46. The molecule has 1 aromatic heterocycles. The second-order valence-electron chi connectivity index (χ2n) is 3.44. The quantitative estimate of drug-likeness (QED) is 0.474. The van der Waals surface area contributed by atoms with Gasteiger partial charge in [0, 0.05) is 23.6 Å². The molecule has 0 radical (unpaired) electrons. The van der Waals surface area contributed by atoms with Crippen LogP contribution in [0.1, 0.15) is 12.0 Å². The second kappa shape index (κ2) is 4.87. The maximum atomic E-state index is 4.52. The van der Waals surface area contributed by atoms with E-state index in [-0.39, 0.29) is 0 Å². The Morgan fingerprint density at radius 3 is 3.07 bits per heavy atom. The third-order valence-corrected chi connectivity index (χ3v) is 2.58. The van der Waals surface area contributed by atoms with Crippen LogP contribution in [0.2, 0.25) is 0 Å². The molecule has 2 nitrogen and oxygen atoms in total. The fourth-order valence-electron chi connectivity index (χ4n) is 1.73. The molecule has 1 heterocycles. The van der Waals surface area contributed by atoms with Crippen LogP contribution in [-0.4, -0.2) is 16.7 Å². The van der Waals surface area contributed by atoms with Crippen LogP contribution in [0.15, 0.2) is 35.5 Å². The molecule has 1 aromatic carbocycles. The number of aromatic amines is 1. The summed E-state index contributed by atoms with van der Waals surface area (Å²) in [6.07, 6.45) is 4.13. The van der Waals surface area contributed by atoms with Gasteiger partial charge < -0.3 is 4.98 Å². The number of fused-ring (bicyclic) bond motifs is 1. The summed E-state index contributed by atoms with van der Waals surface area (Å²) in [5, 5.41) is 3.69. The zero-order chi connectivity index (χ0) is 10.5. The van der Waals surface area contributed by atoms with Crippen LogP contribution in [0.5, 0.6) is 0 Å². The first kappa shape index (κ1) is 10.1. The van der Waals surface area contributed by atoms with Crippen molar-refractivity contribution in [2.75, 3.05) is 6.54 Å². The number of aromatic nitrogens is 1. The molecule has 0 fully saturated rings. The van der Waals surface area contributed by atoms with Gasteiger partial charge in [-0.1, -0.05) is 18.2 Å². The summed E-state index contributed by atoms with van der Waals surface area (Å²) < 4.78 is 0. The predicted molar refractivity (Wildman–Crippen MR) is 66.5 cm³/mol.